The third kappa shape index (κ3) is 36.2. The lowest BCUT2D eigenvalue weighted by atomic mass is 10.00. The van der Waals surface area contributed by atoms with Gasteiger partial charge < -0.3 is 14.2 Å². The molecule has 0 aromatic heterocycles. The highest BCUT2D eigenvalue weighted by Gasteiger charge is 2.19. The van der Waals surface area contributed by atoms with E-state index < -0.39 is 6.10 Å². The molecule has 2 atom stereocenters. The number of hydrogen-bond acceptors (Lipinski definition) is 6. The molecule has 6 nitrogen and oxygen atoms in total. The van der Waals surface area contributed by atoms with Crippen LogP contribution in [0.15, 0.2) is 0 Å². The van der Waals surface area contributed by atoms with Crippen molar-refractivity contribution in [3.05, 3.63) is 0 Å². The van der Waals surface area contributed by atoms with Crippen LogP contribution in [0, 0.1) is 11.8 Å². The summed E-state index contributed by atoms with van der Waals surface area (Å²) < 4.78 is 16.7. The standard InChI is InChI=1S/C44H84O6/c1-6-8-9-10-11-12-13-14-15-18-26-31-36-44(47)50-41(37-48-42(45)34-29-24-19-16-17-22-27-32-39(3)4)38-49-43(46)35-30-25-21-20-23-28-33-40(5)7-2/h39-41H,6-38H2,1-5H3/t40?,41-/m0/s1. The Labute approximate surface area is 310 Å². The number of carbonyl (C=O) groups is 3. The molecule has 1 unspecified atom stereocenters. The molecule has 0 bridgehead atoms. The van der Waals surface area contributed by atoms with Crippen LogP contribution < -0.4 is 0 Å². The highest BCUT2D eigenvalue weighted by molar-refractivity contribution is 5.71. The van der Waals surface area contributed by atoms with E-state index in [1.807, 2.05) is 0 Å². The van der Waals surface area contributed by atoms with Crippen LogP contribution in [0.25, 0.3) is 0 Å². The van der Waals surface area contributed by atoms with Crippen molar-refractivity contribution in [2.75, 3.05) is 13.2 Å². The van der Waals surface area contributed by atoms with Crippen molar-refractivity contribution in [3.63, 3.8) is 0 Å². The summed E-state index contributed by atoms with van der Waals surface area (Å²) in [6.07, 6.45) is 33.8. The fourth-order valence-corrected chi connectivity index (χ4v) is 6.37. The highest BCUT2D eigenvalue weighted by Crippen LogP contribution is 2.16. The quantitative estimate of drug-likeness (QED) is 0.0361. The number of carbonyl (C=O) groups excluding carboxylic acids is 3. The summed E-state index contributed by atoms with van der Waals surface area (Å²) in [6.45, 7) is 11.2. The van der Waals surface area contributed by atoms with Gasteiger partial charge in [-0.3, -0.25) is 14.4 Å². The molecule has 0 heterocycles. The van der Waals surface area contributed by atoms with Crippen LogP contribution in [0.2, 0.25) is 0 Å². The molecule has 0 radical (unpaired) electrons. The van der Waals surface area contributed by atoms with Gasteiger partial charge in [0.1, 0.15) is 13.2 Å². The van der Waals surface area contributed by atoms with Gasteiger partial charge in [-0.2, -0.15) is 0 Å². The zero-order chi connectivity index (χ0) is 36.9. The fourth-order valence-electron chi connectivity index (χ4n) is 6.37. The van der Waals surface area contributed by atoms with Gasteiger partial charge in [-0.1, -0.05) is 195 Å². The van der Waals surface area contributed by atoms with Crippen molar-refractivity contribution in [3.8, 4) is 0 Å². The van der Waals surface area contributed by atoms with E-state index >= 15 is 0 Å². The Morgan fingerprint density at radius 1 is 0.420 bits per heavy atom. The number of unbranched alkanes of at least 4 members (excludes halogenated alkanes) is 22. The van der Waals surface area contributed by atoms with Crippen LogP contribution in [0.5, 0.6) is 0 Å². The molecule has 0 rings (SSSR count). The molecule has 0 spiro atoms. The molecule has 0 aromatic rings. The van der Waals surface area contributed by atoms with Crippen molar-refractivity contribution >= 4 is 17.9 Å². The van der Waals surface area contributed by atoms with E-state index in [4.69, 9.17) is 14.2 Å². The van der Waals surface area contributed by atoms with E-state index in [-0.39, 0.29) is 31.1 Å². The van der Waals surface area contributed by atoms with E-state index in [0.717, 1.165) is 69.6 Å². The molecular weight excluding hydrogens is 624 g/mol. The Kier molecular flexibility index (Phi) is 36.0. The van der Waals surface area contributed by atoms with Crippen molar-refractivity contribution in [1.82, 2.24) is 0 Å². The van der Waals surface area contributed by atoms with Gasteiger partial charge >= 0.3 is 17.9 Å². The maximum Gasteiger partial charge on any atom is 0.306 e. The van der Waals surface area contributed by atoms with E-state index in [0.29, 0.717) is 19.3 Å². The van der Waals surface area contributed by atoms with Gasteiger partial charge in [0, 0.05) is 19.3 Å². The Bertz CT molecular complexity index is 766. The Morgan fingerprint density at radius 3 is 1.14 bits per heavy atom. The molecule has 0 fully saturated rings. The molecule has 0 aromatic carbocycles. The molecule has 0 saturated heterocycles. The van der Waals surface area contributed by atoms with E-state index in [9.17, 15) is 14.4 Å². The second-order valence-electron chi connectivity index (χ2n) is 15.7. The van der Waals surface area contributed by atoms with Gasteiger partial charge in [0.2, 0.25) is 0 Å². The van der Waals surface area contributed by atoms with E-state index in [1.54, 1.807) is 0 Å². The molecule has 296 valence electrons. The normalized spacial score (nSPS) is 12.6. The topological polar surface area (TPSA) is 78.9 Å². The lowest BCUT2D eigenvalue weighted by molar-refractivity contribution is -0.167. The zero-order valence-electron chi connectivity index (χ0n) is 34.0. The van der Waals surface area contributed by atoms with Crippen LogP contribution >= 0.6 is 0 Å². The van der Waals surface area contributed by atoms with Gasteiger partial charge in [-0.15, -0.1) is 0 Å². The number of ether oxygens (including phenoxy) is 3. The zero-order valence-corrected chi connectivity index (χ0v) is 34.0. The van der Waals surface area contributed by atoms with Crippen LogP contribution in [0.3, 0.4) is 0 Å². The molecule has 6 heteroatoms. The summed E-state index contributed by atoms with van der Waals surface area (Å²) in [5.74, 6) is 0.730. The summed E-state index contributed by atoms with van der Waals surface area (Å²) in [6, 6.07) is 0. The molecular formula is C44H84O6. The minimum Gasteiger partial charge on any atom is -0.462 e. The minimum absolute atomic E-state index is 0.0667. The smallest absolute Gasteiger partial charge is 0.306 e. The van der Waals surface area contributed by atoms with Gasteiger partial charge in [-0.25, -0.2) is 0 Å². The van der Waals surface area contributed by atoms with Crippen molar-refractivity contribution in [2.45, 2.75) is 240 Å². The molecule has 0 aliphatic rings. The first-order valence-electron chi connectivity index (χ1n) is 21.8. The van der Waals surface area contributed by atoms with Gasteiger partial charge in [-0.05, 0) is 31.1 Å². The Morgan fingerprint density at radius 2 is 0.760 bits per heavy atom. The van der Waals surface area contributed by atoms with Crippen LogP contribution in [-0.2, 0) is 28.6 Å². The summed E-state index contributed by atoms with van der Waals surface area (Å²) in [7, 11) is 0. The monoisotopic (exact) mass is 709 g/mol. The summed E-state index contributed by atoms with van der Waals surface area (Å²) in [4.78, 5) is 37.6. The third-order valence-electron chi connectivity index (χ3n) is 10.1. The SMILES string of the molecule is CCCCCCCCCCCCCCC(=O)O[C@@H](COC(=O)CCCCCCCCCC(C)C)COC(=O)CCCCCCCCC(C)CC. The second-order valence-corrected chi connectivity index (χ2v) is 15.7. The summed E-state index contributed by atoms with van der Waals surface area (Å²) >= 11 is 0. The molecule has 0 amide bonds. The van der Waals surface area contributed by atoms with Crippen molar-refractivity contribution in [2.24, 2.45) is 11.8 Å². The average Bonchev–Trinajstić information content (AvgIpc) is 3.09. The third-order valence-corrected chi connectivity index (χ3v) is 10.1. The Hall–Kier alpha value is -1.59. The second kappa shape index (κ2) is 37.2. The number of esters is 3. The number of hydrogen-bond donors (Lipinski definition) is 0. The van der Waals surface area contributed by atoms with Gasteiger partial charge in [0.05, 0.1) is 0 Å². The molecule has 50 heavy (non-hydrogen) atoms. The minimum atomic E-state index is -0.760. The first kappa shape index (κ1) is 48.4. The molecule has 0 aliphatic heterocycles. The fraction of sp³-hybridized carbons (Fsp3) is 0.932. The molecule has 0 saturated carbocycles. The predicted octanol–water partition coefficient (Wildman–Crippen LogP) is 13.4. The molecule has 0 N–H and O–H groups in total. The van der Waals surface area contributed by atoms with Crippen molar-refractivity contribution < 1.29 is 28.6 Å². The van der Waals surface area contributed by atoms with E-state index in [2.05, 4.69) is 34.6 Å². The number of rotatable bonds is 38. The maximum absolute atomic E-state index is 12.7. The van der Waals surface area contributed by atoms with E-state index in [1.165, 1.54) is 122 Å². The summed E-state index contributed by atoms with van der Waals surface area (Å²) in [5.41, 5.74) is 0. The summed E-state index contributed by atoms with van der Waals surface area (Å²) in [5, 5.41) is 0. The van der Waals surface area contributed by atoms with Crippen LogP contribution in [0.1, 0.15) is 234 Å². The highest BCUT2D eigenvalue weighted by atomic mass is 16.6. The molecule has 0 aliphatic carbocycles. The average molecular weight is 709 g/mol. The largest absolute Gasteiger partial charge is 0.462 e. The maximum atomic E-state index is 12.7. The predicted molar refractivity (Wildman–Crippen MR) is 210 cm³/mol. The first-order valence-corrected chi connectivity index (χ1v) is 21.8. The Balaban J connectivity index is 4.36. The lowest BCUT2D eigenvalue weighted by Gasteiger charge is -2.18. The van der Waals surface area contributed by atoms with Gasteiger partial charge in [0.15, 0.2) is 6.10 Å². The lowest BCUT2D eigenvalue weighted by Crippen LogP contribution is -2.30. The van der Waals surface area contributed by atoms with Gasteiger partial charge in [0.25, 0.3) is 0 Å². The van der Waals surface area contributed by atoms with Crippen molar-refractivity contribution in [1.29, 1.82) is 0 Å². The van der Waals surface area contributed by atoms with Crippen LogP contribution in [0.4, 0.5) is 0 Å². The van der Waals surface area contributed by atoms with Crippen LogP contribution in [-0.4, -0.2) is 37.2 Å². The first-order chi connectivity index (χ1) is 24.3.